The molecule has 3 aromatic rings. The Bertz CT molecular complexity index is 954. The topological polar surface area (TPSA) is 58.4 Å². The maximum absolute atomic E-state index is 12.6. The zero-order chi connectivity index (χ0) is 18.1. The first-order chi connectivity index (χ1) is 12.6. The van der Waals surface area contributed by atoms with Gasteiger partial charge in [0.1, 0.15) is 0 Å². The number of hydrogen-bond donors (Lipinski definition) is 1. The van der Waals surface area contributed by atoms with E-state index in [1.807, 2.05) is 12.1 Å². The summed E-state index contributed by atoms with van der Waals surface area (Å²) in [5.74, 6) is 0.678. The van der Waals surface area contributed by atoms with Crippen molar-refractivity contribution in [1.29, 1.82) is 0 Å². The van der Waals surface area contributed by atoms with Crippen LogP contribution in [0.4, 0.5) is 10.5 Å². The molecule has 26 heavy (non-hydrogen) atoms. The van der Waals surface area contributed by atoms with Crippen LogP contribution in [0.1, 0.15) is 11.3 Å². The van der Waals surface area contributed by atoms with Gasteiger partial charge in [-0.25, -0.2) is 4.79 Å². The van der Waals surface area contributed by atoms with Crippen LogP contribution in [0.3, 0.4) is 0 Å². The van der Waals surface area contributed by atoms with Gasteiger partial charge in [0.05, 0.1) is 12.2 Å². The number of fused-ring (bicyclic) bond motifs is 1. The molecule has 0 atom stereocenters. The maximum Gasteiger partial charge on any atom is 0.322 e. The van der Waals surface area contributed by atoms with E-state index in [4.69, 9.17) is 27.7 Å². The number of nitrogens with one attached hydrogen (secondary N) is 1. The first-order valence-electron chi connectivity index (χ1n) is 8.15. The molecule has 0 saturated heterocycles. The third-order valence-electron chi connectivity index (χ3n) is 4.31. The molecule has 0 spiro atoms. The molecule has 1 aliphatic rings. The highest BCUT2D eigenvalue weighted by molar-refractivity contribution is 6.31. The predicted molar refractivity (Wildman–Crippen MR) is 102 cm³/mol. The number of carbonyl (C=O) groups excluding carboxylic acids is 1. The summed E-state index contributed by atoms with van der Waals surface area (Å²) in [5.41, 5.74) is 3.37. The molecule has 0 unspecified atom stereocenters. The van der Waals surface area contributed by atoms with Gasteiger partial charge in [0.15, 0.2) is 5.76 Å². The Morgan fingerprint density at radius 1 is 1.12 bits per heavy atom. The van der Waals surface area contributed by atoms with Gasteiger partial charge in [-0.2, -0.15) is 0 Å². The van der Waals surface area contributed by atoms with Crippen molar-refractivity contribution in [1.82, 2.24) is 10.1 Å². The minimum atomic E-state index is -0.179. The number of hydrogen-bond acceptors (Lipinski definition) is 3. The highest BCUT2D eigenvalue weighted by Crippen LogP contribution is 2.31. The van der Waals surface area contributed by atoms with E-state index in [0.29, 0.717) is 41.0 Å². The van der Waals surface area contributed by atoms with Crippen LogP contribution in [0.25, 0.3) is 11.3 Å². The molecule has 4 rings (SSSR count). The normalized spacial score (nSPS) is 13.4. The lowest BCUT2D eigenvalue weighted by Crippen LogP contribution is -2.38. The van der Waals surface area contributed by atoms with E-state index in [1.165, 1.54) is 0 Å². The van der Waals surface area contributed by atoms with Gasteiger partial charge in [0.25, 0.3) is 0 Å². The third-order valence-corrected chi connectivity index (χ3v) is 4.79. The van der Waals surface area contributed by atoms with Crippen LogP contribution < -0.4 is 5.32 Å². The summed E-state index contributed by atoms with van der Waals surface area (Å²) in [6.45, 7) is 1.01. The molecule has 7 heteroatoms. The zero-order valence-electron chi connectivity index (χ0n) is 13.7. The van der Waals surface area contributed by atoms with Crippen LogP contribution in [0, 0.1) is 0 Å². The maximum atomic E-state index is 12.6. The summed E-state index contributed by atoms with van der Waals surface area (Å²) in [5, 5.41) is 8.27. The summed E-state index contributed by atoms with van der Waals surface area (Å²) in [4.78, 5) is 14.3. The number of aromatic nitrogens is 1. The Balaban J connectivity index is 1.54. The van der Waals surface area contributed by atoms with E-state index >= 15 is 0 Å². The minimum Gasteiger partial charge on any atom is -0.356 e. The van der Waals surface area contributed by atoms with Crippen LogP contribution in [0.2, 0.25) is 10.0 Å². The van der Waals surface area contributed by atoms with Gasteiger partial charge < -0.3 is 14.7 Å². The predicted octanol–water partition coefficient (Wildman–Crippen LogP) is 5.24. The lowest BCUT2D eigenvalue weighted by molar-refractivity contribution is 0.206. The number of urea groups is 1. The fraction of sp³-hybridized carbons (Fsp3) is 0.158. The van der Waals surface area contributed by atoms with Gasteiger partial charge >= 0.3 is 6.03 Å². The third kappa shape index (κ3) is 3.41. The van der Waals surface area contributed by atoms with Crippen LogP contribution in [0.15, 0.2) is 53.1 Å². The number of rotatable bonds is 2. The molecule has 1 aromatic heterocycles. The Hall–Kier alpha value is -2.50. The summed E-state index contributed by atoms with van der Waals surface area (Å²) in [7, 11) is 0. The Morgan fingerprint density at radius 2 is 1.92 bits per heavy atom. The lowest BCUT2D eigenvalue weighted by atomic mass is 10.0. The van der Waals surface area contributed by atoms with Crippen molar-refractivity contribution in [3.63, 3.8) is 0 Å². The van der Waals surface area contributed by atoms with Crippen molar-refractivity contribution in [2.24, 2.45) is 0 Å². The molecule has 0 saturated carbocycles. The van der Waals surface area contributed by atoms with Gasteiger partial charge in [-0.15, -0.1) is 0 Å². The molecule has 0 bridgehead atoms. The number of benzene rings is 2. The van der Waals surface area contributed by atoms with E-state index in [0.717, 1.165) is 16.8 Å². The van der Waals surface area contributed by atoms with E-state index < -0.39 is 0 Å². The first-order valence-corrected chi connectivity index (χ1v) is 8.90. The molecular formula is C19H15Cl2N3O2. The largest absolute Gasteiger partial charge is 0.356 e. The van der Waals surface area contributed by atoms with Crippen molar-refractivity contribution >= 4 is 34.9 Å². The van der Waals surface area contributed by atoms with E-state index in [2.05, 4.69) is 10.5 Å². The smallest absolute Gasteiger partial charge is 0.322 e. The van der Waals surface area contributed by atoms with Crippen molar-refractivity contribution < 1.29 is 9.32 Å². The van der Waals surface area contributed by atoms with Gasteiger partial charge in [-0.1, -0.05) is 34.4 Å². The van der Waals surface area contributed by atoms with Crippen molar-refractivity contribution in [3.8, 4) is 11.3 Å². The monoisotopic (exact) mass is 387 g/mol. The standard InChI is InChI=1S/C19H15Cl2N3O2/c20-13-6-4-12(5-7-13)18-16-11-24(9-8-17(16)23-26-18)19(25)22-15-3-1-2-14(21)10-15/h1-7,10H,8-9,11H2,(H,22,25). The molecule has 0 radical (unpaired) electrons. The summed E-state index contributed by atoms with van der Waals surface area (Å²) in [6.07, 6.45) is 0.648. The van der Waals surface area contributed by atoms with Crippen LogP contribution in [0.5, 0.6) is 0 Å². The fourth-order valence-electron chi connectivity index (χ4n) is 2.98. The Morgan fingerprint density at radius 3 is 2.69 bits per heavy atom. The first kappa shape index (κ1) is 16.9. The van der Waals surface area contributed by atoms with E-state index in [1.54, 1.807) is 41.3 Å². The zero-order valence-corrected chi connectivity index (χ0v) is 15.2. The summed E-state index contributed by atoms with van der Waals surface area (Å²) < 4.78 is 5.54. The van der Waals surface area contributed by atoms with Crippen LogP contribution in [-0.4, -0.2) is 22.6 Å². The van der Waals surface area contributed by atoms with Gasteiger partial charge in [0, 0.05) is 39.8 Å². The molecule has 2 amide bonds. The second-order valence-electron chi connectivity index (χ2n) is 6.06. The summed E-state index contributed by atoms with van der Waals surface area (Å²) >= 11 is 11.9. The van der Waals surface area contributed by atoms with Crippen LogP contribution >= 0.6 is 23.2 Å². The highest BCUT2D eigenvalue weighted by Gasteiger charge is 2.27. The molecule has 132 valence electrons. The number of anilines is 1. The molecule has 1 N–H and O–H groups in total. The Kier molecular flexibility index (Phi) is 4.57. The fourth-order valence-corrected chi connectivity index (χ4v) is 3.30. The average Bonchev–Trinajstić information content (AvgIpc) is 3.05. The second-order valence-corrected chi connectivity index (χ2v) is 6.93. The summed E-state index contributed by atoms with van der Waals surface area (Å²) in [6, 6.07) is 14.3. The van der Waals surface area contributed by atoms with Crippen molar-refractivity contribution in [3.05, 3.63) is 69.8 Å². The molecule has 5 nitrogen and oxygen atoms in total. The number of carbonyl (C=O) groups is 1. The second kappa shape index (κ2) is 7.02. The van der Waals surface area contributed by atoms with Gasteiger partial charge in [-0.3, -0.25) is 0 Å². The number of nitrogens with zero attached hydrogens (tertiary/aromatic N) is 2. The lowest BCUT2D eigenvalue weighted by Gasteiger charge is -2.26. The van der Waals surface area contributed by atoms with Gasteiger partial charge in [-0.05, 0) is 42.5 Å². The molecule has 2 heterocycles. The van der Waals surface area contributed by atoms with E-state index in [9.17, 15) is 4.79 Å². The quantitative estimate of drug-likeness (QED) is 0.653. The van der Waals surface area contributed by atoms with Gasteiger partial charge in [0.2, 0.25) is 0 Å². The molecule has 0 aliphatic carbocycles. The van der Waals surface area contributed by atoms with Crippen molar-refractivity contribution in [2.45, 2.75) is 13.0 Å². The number of halogens is 2. The average molecular weight is 388 g/mol. The molecule has 0 fully saturated rings. The molecular weight excluding hydrogens is 373 g/mol. The van der Waals surface area contributed by atoms with Crippen LogP contribution in [-0.2, 0) is 13.0 Å². The van der Waals surface area contributed by atoms with E-state index in [-0.39, 0.29) is 6.03 Å². The minimum absolute atomic E-state index is 0.179. The number of amides is 2. The Labute approximate surface area is 160 Å². The molecule has 1 aliphatic heterocycles. The SMILES string of the molecule is O=C(Nc1cccc(Cl)c1)N1CCc2noc(-c3ccc(Cl)cc3)c2C1. The van der Waals surface area contributed by atoms with Crippen molar-refractivity contribution in [2.75, 3.05) is 11.9 Å². The molecule has 2 aromatic carbocycles. The highest BCUT2D eigenvalue weighted by atomic mass is 35.5.